The maximum atomic E-state index is 12.1. The van der Waals surface area contributed by atoms with Crippen molar-refractivity contribution in [3.8, 4) is 0 Å². The summed E-state index contributed by atoms with van der Waals surface area (Å²) in [5.74, 6) is 0.714. The average molecular weight is 328 g/mol. The van der Waals surface area contributed by atoms with Gasteiger partial charge in [0.15, 0.2) is 11.5 Å². The van der Waals surface area contributed by atoms with E-state index in [1.54, 1.807) is 6.07 Å². The van der Waals surface area contributed by atoms with Gasteiger partial charge in [0.25, 0.3) is 0 Å². The van der Waals surface area contributed by atoms with Crippen molar-refractivity contribution in [3.05, 3.63) is 25.6 Å². The number of aryl methyl sites for hydroxylation is 1. The first-order valence-corrected chi connectivity index (χ1v) is 7.75. The Morgan fingerprint density at radius 2 is 2.06 bits per heavy atom. The molecule has 1 aliphatic rings. The van der Waals surface area contributed by atoms with Crippen LogP contribution in [0, 0.1) is 6.92 Å². The minimum Gasteiger partial charge on any atom is -0.438 e. The van der Waals surface area contributed by atoms with Crippen LogP contribution in [0.3, 0.4) is 0 Å². The Bertz CT molecular complexity index is 640. The lowest BCUT2D eigenvalue weighted by Crippen LogP contribution is -2.29. The van der Waals surface area contributed by atoms with Crippen LogP contribution < -0.4 is 10.3 Å². The third kappa shape index (κ3) is 1.99. The molecule has 3 nitrogen and oxygen atoms in total. The van der Waals surface area contributed by atoms with Crippen molar-refractivity contribution in [2.75, 3.05) is 18.0 Å². The third-order valence-corrected chi connectivity index (χ3v) is 5.64. The molecule has 0 amide bonds. The predicted octanol–water partition coefficient (Wildman–Crippen LogP) is 3.92. The number of halogens is 1. The molecule has 0 radical (unpaired) electrons. The largest absolute Gasteiger partial charge is 0.438 e. The highest BCUT2D eigenvalue weighted by Crippen LogP contribution is 2.35. The molecule has 0 spiro atoms. The van der Waals surface area contributed by atoms with Gasteiger partial charge in [-0.2, -0.15) is 0 Å². The van der Waals surface area contributed by atoms with Gasteiger partial charge in [0.05, 0.1) is 4.47 Å². The second-order valence-electron chi connectivity index (χ2n) is 4.63. The third-order valence-electron chi connectivity index (χ3n) is 3.32. The van der Waals surface area contributed by atoms with Crippen LogP contribution in [0.25, 0.3) is 10.3 Å². The summed E-state index contributed by atoms with van der Waals surface area (Å²) in [6, 6.07) is 1.63. The first kappa shape index (κ1) is 12.2. The minimum atomic E-state index is 0.0654. The number of piperidine rings is 1. The van der Waals surface area contributed by atoms with E-state index in [9.17, 15) is 4.79 Å². The lowest BCUT2D eigenvalue weighted by atomic mass is 10.1. The highest BCUT2D eigenvalue weighted by molar-refractivity contribution is 9.10. The molecule has 0 unspecified atom stereocenters. The van der Waals surface area contributed by atoms with Crippen molar-refractivity contribution in [1.82, 2.24) is 0 Å². The number of hydrogen-bond donors (Lipinski definition) is 0. The van der Waals surface area contributed by atoms with Crippen molar-refractivity contribution in [1.29, 1.82) is 0 Å². The Kier molecular flexibility index (Phi) is 3.20. The Labute approximate surface area is 118 Å². The summed E-state index contributed by atoms with van der Waals surface area (Å²) >= 11 is 4.99. The fraction of sp³-hybridized carbons (Fsp3) is 0.462. The molecule has 96 valence electrons. The van der Waals surface area contributed by atoms with Crippen LogP contribution in [-0.4, -0.2) is 13.1 Å². The van der Waals surface area contributed by atoms with Crippen molar-refractivity contribution in [3.63, 3.8) is 0 Å². The first-order chi connectivity index (χ1) is 8.66. The molecule has 0 bridgehead atoms. The van der Waals surface area contributed by atoms with Crippen molar-refractivity contribution in [2.45, 2.75) is 26.2 Å². The summed E-state index contributed by atoms with van der Waals surface area (Å²) in [6.07, 6.45) is 3.61. The van der Waals surface area contributed by atoms with Crippen LogP contribution in [0.2, 0.25) is 0 Å². The molecular weight excluding hydrogens is 314 g/mol. The molecule has 18 heavy (non-hydrogen) atoms. The molecule has 0 N–H and O–H groups in total. The topological polar surface area (TPSA) is 33.5 Å². The SMILES string of the molecule is Cc1sc2c(=O)cc(N3CCCCC3)oc2c1Br. The molecule has 5 heteroatoms. The average Bonchev–Trinajstić information content (AvgIpc) is 2.68. The highest BCUT2D eigenvalue weighted by Gasteiger charge is 2.18. The van der Waals surface area contributed by atoms with Crippen molar-refractivity contribution >= 4 is 43.4 Å². The lowest BCUT2D eigenvalue weighted by Gasteiger charge is -2.26. The molecular formula is C13H14BrNO2S. The quantitative estimate of drug-likeness (QED) is 0.796. The summed E-state index contributed by atoms with van der Waals surface area (Å²) in [4.78, 5) is 15.4. The van der Waals surface area contributed by atoms with Crippen molar-refractivity contribution < 1.29 is 4.42 Å². The zero-order chi connectivity index (χ0) is 12.7. The van der Waals surface area contributed by atoms with Gasteiger partial charge in [-0.25, -0.2) is 0 Å². The molecule has 2 aromatic heterocycles. The number of rotatable bonds is 1. The number of thiophene rings is 1. The molecule has 0 saturated carbocycles. The number of anilines is 1. The number of hydrogen-bond acceptors (Lipinski definition) is 4. The molecule has 3 rings (SSSR count). The molecule has 0 atom stereocenters. The van der Waals surface area contributed by atoms with Gasteiger partial charge in [0, 0.05) is 24.0 Å². The molecule has 0 aliphatic carbocycles. The molecule has 1 saturated heterocycles. The van der Waals surface area contributed by atoms with E-state index >= 15 is 0 Å². The first-order valence-electron chi connectivity index (χ1n) is 6.14. The zero-order valence-electron chi connectivity index (χ0n) is 10.2. The summed E-state index contributed by atoms with van der Waals surface area (Å²) in [5, 5.41) is 0. The normalized spacial score (nSPS) is 16.4. The summed E-state index contributed by atoms with van der Waals surface area (Å²) < 4.78 is 7.55. The van der Waals surface area contributed by atoms with Crippen LogP contribution in [0.15, 0.2) is 19.8 Å². The van der Waals surface area contributed by atoms with E-state index in [-0.39, 0.29) is 5.43 Å². The highest BCUT2D eigenvalue weighted by atomic mass is 79.9. The molecule has 3 heterocycles. The van der Waals surface area contributed by atoms with E-state index in [0.717, 1.165) is 22.4 Å². The smallest absolute Gasteiger partial charge is 0.204 e. The van der Waals surface area contributed by atoms with Crippen LogP contribution in [0.1, 0.15) is 24.1 Å². The van der Waals surface area contributed by atoms with E-state index in [1.807, 2.05) is 6.92 Å². The number of fused-ring (bicyclic) bond motifs is 1. The number of nitrogens with zero attached hydrogens (tertiary/aromatic N) is 1. The lowest BCUT2D eigenvalue weighted by molar-refractivity contribution is 0.512. The summed E-state index contributed by atoms with van der Waals surface area (Å²) in [5.41, 5.74) is 0.765. The Morgan fingerprint density at radius 1 is 1.33 bits per heavy atom. The van der Waals surface area contributed by atoms with Crippen molar-refractivity contribution in [2.24, 2.45) is 0 Å². The van der Waals surface area contributed by atoms with E-state index in [2.05, 4.69) is 20.8 Å². The van der Waals surface area contributed by atoms with Crippen LogP contribution in [-0.2, 0) is 0 Å². The maximum absolute atomic E-state index is 12.1. The van der Waals surface area contributed by atoms with Gasteiger partial charge in [-0.1, -0.05) is 0 Å². The maximum Gasteiger partial charge on any atom is 0.204 e. The molecule has 1 aliphatic heterocycles. The van der Waals surface area contributed by atoms with Gasteiger partial charge >= 0.3 is 0 Å². The summed E-state index contributed by atoms with van der Waals surface area (Å²) in [7, 11) is 0. The monoisotopic (exact) mass is 327 g/mol. The van der Waals surface area contributed by atoms with Gasteiger partial charge in [-0.3, -0.25) is 4.79 Å². The molecule has 0 aromatic carbocycles. The summed E-state index contributed by atoms with van der Waals surface area (Å²) in [6.45, 7) is 3.95. The zero-order valence-corrected chi connectivity index (χ0v) is 12.6. The van der Waals surface area contributed by atoms with E-state index in [0.29, 0.717) is 16.2 Å². The van der Waals surface area contributed by atoms with E-state index in [1.165, 1.54) is 30.6 Å². The van der Waals surface area contributed by atoms with Crippen LogP contribution >= 0.6 is 27.3 Å². The second-order valence-corrected chi connectivity index (χ2v) is 6.64. The molecule has 2 aromatic rings. The van der Waals surface area contributed by atoms with E-state index in [4.69, 9.17) is 4.42 Å². The van der Waals surface area contributed by atoms with Gasteiger partial charge < -0.3 is 9.32 Å². The Balaban J connectivity index is 2.13. The fourth-order valence-electron chi connectivity index (χ4n) is 2.34. The van der Waals surface area contributed by atoms with Gasteiger partial charge in [0.2, 0.25) is 5.43 Å². The molecule has 1 fully saturated rings. The van der Waals surface area contributed by atoms with Crippen LogP contribution in [0.4, 0.5) is 5.88 Å². The second kappa shape index (κ2) is 4.70. The van der Waals surface area contributed by atoms with Crippen LogP contribution in [0.5, 0.6) is 0 Å². The van der Waals surface area contributed by atoms with E-state index < -0.39 is 0 Å². The van der Waals surface area contributed by atoms with Gasteiger partial charge in [-0.15, -0.1) is 11.3 Å². The fourth-order valence-corrected chi connectivity index (χ4v) is 3.88. The minimum absolute atomic E-state index is 0.0654. The standard InChI is InChI=1S/C13H14BrNO2S/c1-8-11(14)12-13(18-8)9(16)7-10(17-12)15-5-3-2-4-6-15/h7H,2-6H2,1H3. The Morgan fingerprint density at radius 3 is 2.78 bits per heavy atom. The predicted molar refractivity (Wildman–Crippen MR) is 78.9 cm³/mol. The van der Waals surface area contributed by atoms with Gasteiger partial charge in [0.1, 0.15) is 4.70 Å². The Hall–Kier alpha value is -0.810. The van der Waals surface area contributed by atoms with Gasteiger partial charge in [-0.05, 0) is 42.1 Å².